The van der Waals surface area contributed by atoms with Gasteiger partial charge in [0.25, 0.3) is 0 Å². The number of aromatic nitrogens is 2. The topological polar surface area (TPSA) is 33.9 Å². The molecule has 1 atom stereocenters. The summed E-state index contributed by atoms with van der Waals surface area (Å²) in [7, 11) is 0. The molecule has 0 saturated carbocycles. The van der Waals surface area contributed by atoms with E-state index in [0.717, 1.165) is 27.3 Å². The lowest BCUT2D eigenvalue weighted by atomic mass is 10.2. The van der Waals surface area contributed by atoms with Crippen LogP contribution in [-0.4, -0.2) is 9.55 Å². The Bertz CT molecular complexity index is 794. The van der Waals surface area contributed by atoms with Crippen LogP contribution in [0, 0.1) is 18.6 Å². The molecule has 1 N–H and O–H groups in total. The van der Waals surface area contributed by atoms with Crippen LogP contribution >= 0.6 is 12.2 Å². The first-order chi connectivity index (χ1) is 9.06. The Kier molecular flexibility index (Phi) is 2.82. The van der Waals surface area contributed by atoms with Gasteiger partial charge in [0.05, 0.1) is 17.1 Å². The van der Waals surface area contributed by atoms with Gasteiger partial charge in [0, 0.05) is 0 Å². The Morgan fingerprint density at radius 1 is 1.21 bits per heavy atom. The third kappa shape index (κ3) is 2.02. The predicted octanol–water partition coefficient (Wildman–Crippen LogP) is 4.52. The molecule has 0 bridgehead atoms. The van der Waals surface area contributed by atoms with Crippen molar-refractivity contribution in [2.75, 3.05) is 0 Å². The molecule has 0 spiro atoms. The Hall–Kier alpha value is -1.81. The lowest BCUT2D eigenvalue weighted by Crippen LogP contribution is -2.05. The van der Waals surface area contributed by atoms with Crippen LogP contribution in [0.5, 0.6) is 0 Å². The van der Waals surface area contributed by atoms with Gasteiger partial charge in [-0.25, -0.2) is 0 Å². The number of furan rings is 1. The molecule has 98 valence electrons. The van der Waals surface area contributed by atoms with Crippen LogP contribution in [0.2, 0.25) is 0 Å². The van der Waals surface area contributed by atoms with Crippen LogP contribution < -0.4 is 0 Å². The molecule has 1 unspecified atom stereocenters. The maximum Gasteiger partial charge on any atom is 0.178 e. The lowest BCUT2D eigenvalue weighted by molar-refractivity contribution is 0.431. The number of aromatic amines is 1. The molecule has 0 aliphatic carbocycles. The van der Waals surface area contributed by atoms with Crippen molar-refractivity contribution in [3.8, 4) is 0 Å². The van der Waals surface area contributed by atoms with Crippen LogP contribution in [0.15, 0.2) is 34.7 Å². The highest BCUT2D eigenvalue weighted by atomic mass is 32.1. The maximum atomic E-state index is 5.72. The highest BCUT2D eigenvalue weighted by Crippen LogP contribution is 2.26. The first-order valence-corrected chi connectivity index (χ1v) is 6.74. The Balaban J connectivity index is 2.21. The van der Waals surface area contributed by atoms with Gasteiger partial charge in [-0.3, -0.25) is 0 Å². The molecule has 3 rings (SSSR count). The molecule has 19 heavy (non-hydrogen) atoms. The molecule has 2 aromatic heterocycles. The zero-order valence-corrected chi connectivity index (χ0v) is 12.0. The molecule has 0 aliphatic heterocycles. The van der Waals surface area contributed by atoms with E-state index in [1.54, 1.807) is 0 Å². The number of hydrogen-bond donors (Lipinski definition) is 1. The fourth-order valence-electron chi connectivity index (χ4n) is 2.42. The zero-order valence-electron chi connectivity index (χ0n) is 11.2. The zero-order chi connectivity index (χ0) is 13.6. The summed E-state index contributed by atoms with van der Waals surface area (Å²) in [5, 5.41) is 0. The second-order valence-corrected chi connectivity index (χ2v) is 5.33. The molecule has 0 radical (unpaired) electrons. The van der Waals surface area contributed by atoms with Crippen molar-refractivity contribution in [2.24, 2.45) is 0 Å². The van der Waals surface area contributed by atoms with Gasteiger partial charge in [-0.05, 0) is 62.8 Å². The van der Waals surface area contributed by atoms with E-state index in [1.165, 1.54) is 5.56 Å². The quantitative estimate of drug-likeness (QED) is 0.696. The van der Waals surface area contributed by atoms with E-state index in [1.807, 2.05) is 19.1 Å². The number of H-pyrrole nitrogens is 1. The SMILES string of the molecule is Cc1ccc2[nH]c(=S)n(C(C)c3ccc(C)o3)c2c1. The number of nitrogens with one attached hydrogen (secondary N) is 1. The Morgan fingerprint density at radius 2 is 2.00 bits per heavy atom. The van der Waals surface area contributed by atoms with Crippen molar-refractivity contribution in [2.45, 2.75) is 26.8 Å². The summed E-state index contributed by atoms with van der Waals surface area (Å²) in [6.45, 7) is 6.14. The average Bonchev–Trinajstić information content (AvgIpc) is 2.91. The number of fused-ring (bicyclic) bond motifs is 1. The molecule has 0 saturated heterocycles. The average molecular weight is 272 g/mol. The minimum absolute atomic E-state index is 0.0803. The number of nitrogens with zero attached hydrogens (tertiary/aromatic N) is 1. The fraction of sp³-hybridized carbons (Fsp3) is 0.267. The molecule has 2 heterocycles. The normalized spacial score (nSPS) is 13.0. The Labute approximate surface area is 116 Å². The minimum atomic E-state index is 0.0803. The summed E-state index contributed by atoms with van der Waals surface area (Å²) in [4.78, 5) is 3.25. The molecule has 0 aliphatic rings. The van der Waals surface area contributed by atoms with Crippen molar-refractivity contribution in [3.05, 3.63) is 52.2 Å². The van der Waals surface area contributed by atoms with E-state index in [2.05, 4.69) is 41.6 Å². The standard InChI is InChI=1S/C15H16N2OS/c1-9-4-6-12-13(8-9)17(15(19)16-12)11(3)14-7-5-10(2)18-14/h4-8,11H,1-3H3,(H,16,19). The van der Waals surface area contributed by atoms with Gasteiger partial charge >= 0.3 is 0 Å². The fourth-order valence-corrected chi connectivity index (χ4v) is 2.79. The summed E-state index contributed by atoms with van der Waals surface area (Å²) in [5.74, 6) is 1.85. The van der Waals surface area contributed by atoms with Crippen molar-refractivity contribution in [1.82, 2.24) is 9.55 Å². The third-order valence-electron chi connectivity index (χ3n) is 3.43. The van der Waals surface area contributed by atoms with E-state index >= 15 is 0 Å². The Morgan fingerprint density at radius 3 is 2.68 bits per heavy atom. The molecule has 3 aromatic rings. The molecule has 0 amide bonds. The summed E-state index contributed by atoms with van der Waals surface area (Å²) in [6, 6.07) is 10.4. The smallest absolute Gasteiger partial charge is 0.178 e. The summed E-state index contributed by atoms with van der Waals surface area (Å²) in [5.41, 5.74) is 3.40. The van der Waals surface area contributed by atoms with Crippen LogP contribution in [0.4, 0.5) is 0 Å². The van der Waals surface area contributed by atoms with Crippen LogP contribution in [-0.2, 0) is 0 Å². The number of hydrogen-bond acceptors (Lipinski definition) is 2. The summed E-state index contributed by atoms with van der Waals surface area (Å²) >= 11 is 5.44. The highest BCUT2D eigenvalue weighted by Gasteiger charge is 2.15. The first kappa shape index (κ1) is 12.2. The van der Waals surface area contributed by atoms with Gasteiger partial charge < -0.3 is 14.0 Å². The first-order valence-electron chi connectivity index (χ1n) is 6.33. The van der Waals surface area contributed by atoms with Gasteiger partial charge in [-0.15, -0.1) is 0 Å². The predicted molar refractivity (Wildman–Crippen MR) is 79.1 cm³/mol. The second-order valence-electron chi connectivity index (χ2n) is 4.95. The largest absolute Gasteiger partial charge is 0.464 e. The maximum absolute atomic E-state index is 5.72. The van der Waals surface area contributed by atoms with Gasteiger partial charge in [0.2, 0.25) is 0 Å². The van der Waals surface area contributed by atoms with E-state index in [-0.39, 0.29) is 6.04 Å². The molecule has 0 fully saturated rings. The van der Waals surface area contributed by atoms with Gasteiger partial charge in [0.15, 0.2) is 4.77 Å². The molecule has 3 nitrogen and oxygen atoms in total. The van der Waals surface area contributed by atoms with E-state index in [9.17, 15) is 0 Å². The van der Waals surface area contributed by atoms with Crippen LogP contribution in [0.25, 0.3) is 11.0 Å². The van der Waals surface area contributed by atoms with Crippen molar-refractivity contribution in [3.63, 3.8) is 0 Å². The van der Waals surface area contributed by atoms with Gasteiger partial charge in [-0.2, -0.15) is 0 Å². The highest BCUT2D eigenvalue weighted by molar-refractivity contribution is 7.71. The molecular weight excluding hydrogens is 256 g/mol. The number of benzene rings is 1. The third-order valence-corrected chi connectivity index (χ3v) is 3.73. The monoisotopic (exact) mass is 272 g/mol. The van der Waals surface area contributed by atoms with E-state index in [4.69, 9.17) is 16.6 Å². The molecule has 1 aromatic carbocycles. The van der Waals surface area contributed by atoms with Crippen molar-refractivity contribution >= 4 is 23.3 Å². The van der Waals surface area contributed by atoms with Crippen molar-refractivity contribution in [1.29, 1.82) is 0 Å². The summed E-state index contributed by atoms with van der Waals surface area (Å²) < 4.78 is 8.55. The minimum Gasteiger partial charge on any atom is -0.464 e. The molecular formula is C15H16N2OS. The van der Waals surface area contributed by atoms with Crippen LogP contribution in [0.1, 0.15) is 30.0 Å². The number of rotatable bonds is 2. The molecule has 4 heteroatoms. The van der Waals surface area contributed by atoms with E-state index < -0.39 is 0 Å². The summed E-state index contributed by atoms with van der Waals surface area (Å²) in [6.07, 6.45) is 0. The van der Waals surface area contributed by atoms with Crippen molar-refractivity contribution < 1.29 is 4.42 Å². The lowest BCUT2D eigenvalue weighted by Gasteiger charge is -2.12. The number of aryl methyl sites for hydroxylation is 2. The van der Waals surface area contributed by atoms with E-state index in [0.29, 0.717) is 0 Å². The van der Waals surface area contributed by atoms with Gasteiger partial charge in [-0.1, -0.05) is 6.07 Å². The van der Waals surface area contributed by atoms with Gasteiger partial charge in [0.1, 0.15) is 11.5 Å². The second kappa shape index (κ2) is 4.38. The van der Waals surface area contributed by atoms with Crippen LogP contribution in [0.3, 0.4) is 0 Å². The number of imidazole rings is 1.